The maximum atomic E-state index is 12.7. The highest BCUT2D eigenvalue weighted by Gasteiger charge is 2.18. The lowest BCUT2D eigenvalue weighted by Crippen LogP contribution is -2.32. The zero-order valence-corrected chi connectivity index (χ0v) is 16.1. The summed E-state index contributed by atoms with van der Waals surface area (Å²) in [5.41, 5.74) is 1.63. The van der Waals surface area contributed by atoms with Gasteiger partial charge in [-0.2, -0.15) is 4.68 Å². The molecule has 0 saturated carbocycles. The van der Waals surface area contributed by atoms with Crippen LogP contribution >= 0.6 is 11.8 Å². The molecule has 0 fully saturated rings. The van der Waals surface area contributed by atoms with E-state index in [0.717, 1.165) is 11.4 Å². The first-order valence-electron chi connectivity index (χ1n) is 8.73. The normalized spacial score (nSPS) is 10.6. The number of carbonyl (C=O) groups excluding carboxylic acids is 1. The smallest absolute Gasteiger partial charge is 0.237 e. The summed E-state index contributed by atoms with van der Waals surface area (Å²) in [6.45, 7) is 5.02. The zero-order valence-electron chi connectivity index (χ0n) is 15.3. The average Bonchev–Trinajstić information content (AvgIpc) is 3.17. The molecule has 0 atom stereocenters. The molecule has 1 amide bonds. The maximum Gasteiger partial charge on any atom is 0.237 e. The van der Waals surface area contributed by atoms with Crippen LogP contribution in [0, 0.1) is 0 Å². The van der Waals surface area contributed by atoms with E-state index in [1.807, 2.05) is 68.4 Å². The molecule has 0 N–H and O–H groups in total. The Morgan fingerprint density at radius 1 is 1.11 bits per heavy atom. The van der Waals surface area contributed by atoms with Crippen LogP contribution in [0.5, 0.6) is 5.75 Å². The van der Waals surface area contributed by atoms with Crippen molar-refractivity contribution in [2.24, 2.45) is 0 Å². The fourth-order valence-electron chi connectivity index (χ4n) is 2.64. The summed E-state index contributed by atoms with van der Waals surface area (Å²) in [7, 11) is 0. The standard InChI is InChI=1S/C19H21N5O2S/c1-3-23(15-10-6-5-7-11-15)18(25)14-27-19-20-21-22-24(19)16-12-8-9-13-17(16)26-4-2/h5-13H,3-4,14H2,1-2H3. The molecule has 0 radical (unpaired) electrons. The fourth-order valence-corrected chi connectivity index (χ4v) is 3.40. The number of rotatable bonds is 8. The lowest BCUT2D eigenvalue weighted by atomic mass is 10.3. The van der Waals surface area contributed by atoms with Crippen LogP contribution in [0.15, 0.2) is 59.8 Å². The molecule has 0 aliphatic heterocycles. The van der Waals surface area contributed by atoms with E-state index < -0.39 is 0 Å². The van der Waals surface area contributed by atoms with Gasteiger partial charge >= 0.3 is 0 Å². The van der Waals surface area contributed by atoms with Crippen molar-refractivity contribution in [1.82, 2.24) is 20.2 Å². The van der Waals surface area contributed by atoms with E-state index in [4.69, 9.17) is 4.74 Å². The Kier molecular flexibility index (Phi) is 6.43. The third-order valence-electron chi connectivity index (χ3n) is 3.84. The van der Waals surface area contributed by atoms with E-state index in [0.29, 0.717) is 24.1 Å². The van der Waals surface area contributed by atoms with Crippen molar-refractivity contribution in [3.63, 3.8) is 0 Å². The van der Waals surface area contributed by atoms with Gasteiger partial charge in [-0.05, 0) is 48.5 Å². The van der Waals surface area contributed by atoms with E-state index in [1.165, 1.54) is 11.8 Å². The van der Waals surface area contributed by atoms with E-state index in [-0.39, 0.29) is 11.7 Å². The van der Waals surface area contributed by atoms with Crippen molar-refractivity contribution < 1.29 is 9.53 Å². The Labute approximate surface area is 162 Å². The second-order valence-corrected chi connectivity index (χ2v) is 6.48. The zero-order chi connectivity index (χ0) is 19.1. The highest BCUT2D eigenvalue weighted by Crippen LogP contribution is 2.26. The number of thioether (sulfide) groups is 1. The Balaban J connectivity index is 1.75. The Bertz CT molecular complexity index is 885. The minimum absolute atomic E-state index is 0.00124. The minimum atomic E-state index is 0.00124. The molecule has 140 valence electrons. The van der Waals surface area contributed by atoms with Crippen molar-refractivity contribution in [2.45, 2.75) is 19.0 Å². The predicted molar refractivity (Wildman–Crippen MR) is 106 cm³/mol. The van der Waals surface area contributed by atoms with Crippen molar-refractivity contribution in [2.75, 3.05) is 23.8 Å². The largest absolute Gasteiger partial charge is 0.492 e. The number of ether oxygens (including phenoxy) is 1. The van der Waals surface area contributed by atoms with Gasteiger partial charge in [0.2, 0.25) is 11.1 Å². The number of anilines is 1. The molecule has 8 heteroatoms. The molecule has 1 heterocycles. The van der Waals surface area contributed by atoms with Crippen molar-refractivity contribution >= 4 is 23.4 Å². The van der Waals surface area contributed by atoms with Gasteiger partial charge in [-0.15, -0.1) is 5.10 Å². The average molecular weight is 383 g/mol. The number of nitrogens with zero attached hydrogens (tertiary/aromatic N) is 5. The minimum Gasteiger partial charge on any atom is -0.492 e. The third-order valence-corrected chi connectivity index (χ3v) is 4.75. The Morgan fingerprint density at radius 3 is 2.59 bits per heavy atom. The number of hydrogen-bond acceptors (Lipinski definition) is 6. The molecule has 3 rings (SSSR count). The fraction of sp³-hybridized carbons (Fsp3) is 0.263. The van der Waals surface area contributed by atoms with Gasteiger partial charge in [-0.1, -0.05) is 42.1 Å². The quantitative estimate of drug-likeness (QED) is 0.556. The van der Waals surface area contributed by atoms with Crippen LogP contribution in [0.4, 0.5) is 5.69 Å². The van der Waals surface area contributed by atoms with Crippen LogP contribution in [0.25, 0.3) is 5.69 Å². The summed E-state index contributed by atoms with van der Waals surface area (Å²) in [5, 5.41) is 12.4. The SMILES string of the molecule is CCOc1ccccc1-n1nnnc1SCC(=O)N(CC)c1ccccc1. The van der Waals surface area contributed by atoms with Crippen LogP contribution in [-0.4, -0.2) is 45.0 Å². The summed E-state index contributed by atoms with van der Waals surface area (Å²) in [4.78, 5) is 14.4. The van der Waals surface area contributed by atoms with Gasteiger partial charge in [-0.3, -0.25) is 4.79 Å². The molecule has 0 saturated heterocycles. The molecule has 1 aromatic heterocycles. The second kappa shape index (κ2) is 9.18. The van der Waals surface area contributed by atoms with Gasteiger partial charge in [0.15, 0.2) is 0 Å². The van der Waals surface area contributed by atoms with Gasteiger partial charge in [0, 0.05) is 12.2 Å². The van der Waals surface area contributed by atoms with Gasteiger partial charge in [-0.25, -0.2) is 0 Å². The molecule has 3 aromatic rings. The summed E-state index contributed by atoms with van der Waals surface area (Å²) in [6.07, 6.45) is 0. The molecule has 0 aliphatic carbocycles. The van der Waals surface area contributed by atoms with Gasteiger partial charge in [0.25, 0.3) is 0 Å². The molecule has 7 nitrogen and oxygen atoms in total. The predicted octanol–water partition coefficient (Wildman–Crippen LogP) is 3.21. The molecule has 0 bridgehead atoms. The van der Waals surface area contributed by atoms with Crippen molar-refractivity contribution in [1.29, 1.82) is 0 Å². The van der Waals surface area contributed by atoms with Crippen LogP contribution in [0.3, 0.4) is 0 Å². The molecule has 0 spiro atoms. The monoisotopic (exact) mass is 383 g/mol. The lowest BCUT2D eigenvalue weighted by Gasteiger charge is -2.20. The van der Waals surface area contributed by atoms with E-state index in [9.17, 15) is 4.79 Å². The van der Waals surface area contributed by atoms with Crippen LogP contribution in [-0.2, 0) is 4.79 Å². The van der Waals surface area contributed by atoms with Crippen molar-refractivity contribution in [3.05, 3.63) is 54.6 Å². The number of tetrazole rings is 1. The topological polar surface area (TPSA) is 73.1 Å². The summed E-state index contributed by atoms with van der Waals surface area (Å²) in [6, 6.07) is 17.2. The maximum absolute atomic E-state index is 12.7. The number of carbonyl (C=O) groups is 1. The molecule has 0 aliphatic rings. The first kappa shape index (κ1) is 18.9. The van der Waals surface area contributed by atoms with Gasteiger partial charge in [0.05, 0.1) is 12.4 Å². The van der Waals surface area contributed by atoms with Crippen molar-refractivity contribution in [3.8, 4) is 11.4 Å². The highest BCUT2D eigenvalue weighted by atomic mass is 32.2. The van der Waals surface area contributed by atoms with Crippen LogP contribution in [0.2, 0.25) is 0 Å². The number of benzene rings is 2. The van der Waals surface area contributed by atoms with E-state index >= 15 is 0 Å². The van der Waals surface area contributed by atoms with Gasteiger partial charge in [0.1, 0.15) is 11.4 Å². The molecule has 27 heavy (non-hydrogen) atoms. The number of hydrogen-bond donors (Lipinski definition) is 0. The second-order valence-electron chi connectivity index (χ2n) is 5.54. The highest BCUT2D eigenvalue weighted by molar-refractivity contribution is 7.99. The molecule has 0 unspecified atom stereocenters. The molecule has 2 aromatic carbocycles. The number of aromatic nitrogens is 4. The number of para-hydroxylation sites is 3. The first-order valence-corrected chi connectivity index (χ1v) is 9.72. The molecular formula is C19H21N5O2S. The summed E-state index contributed by atoms with van der Waals surface area (Å²) < 4.78 is 7.25. The Morgan fingerprint density at radius 2 is 1.85 bits per heavy atom. The third kappa shape index (κ3) is 4.46. The van der Waals surface area contributed by atoms with Crippen LogP contribution < -0.4 is 9.64 Å². The number of amides is 1. The lowest BCUT2D eigenvalue weighted by molar-refractivity contribution is -0.116. The molecular weight excluding hydrogens is 362 g/mol. The Hall–Kier alpha value is -2.87. The van der Waals surface area contributed by atoms with E-state index in [1.54, 1.807) is 9.58 Å². The summed E-state index contributed by atoms with van der Waals surface area (Å²) in [5.74, 6) is 0.932. The first-order chi connectivity index (χ1) is 13.2. The van der Waals surface area contributed by atoms with Gasteiger partial charge < -0.3 is 9.64 Å². The summed E-state index contributed by atoms with van der Waals surface area (Å²) >= 11 is 1.30. The van der Waals surface area contributed by atoms with E-state index in [2.05, 4.69) is 15.5 Å². The van der Waals surface area contributed by atoms with Crippen LogP contribution in [0.1, 0.15) is 13.8 Å².